The summed E-state index contributed by atoms with van der Waals surface area (Å²) in [4.78, 5) is 15.4. The summed E-state index contributed by atoms with van der Waals surface area (Å²) in [6, 6.07) is 15.2. The van der Waals surface area contributed by atoms with Gasteiger partial charge in [0.2, 0.25) is 0 Å². The Balaban J connectivity index is 1.36. The van der Waals surface area contributed by atoms with Gasteiger partial charge in [-0.1, -0.05) is 67.0 Å². The van der Waals surface area contributed by atoms with Crippen molar-refractivity contribution in [3.8, 4) is 23.7 Å². The van der Waals surface area contributed by atoms with E-state index < -0.39 is 33.2 Å². The molecule has 5 atom stereocenters. The van der Waals surface area contributed by atoms with Crippen LogP contribution < -0.4 is 4.90 Å². The Morgan fingerprint density at radius 1 is 1.06 bits per heavy atom. The summed E-state index contributed by atoms with van der Waals surface area (Å²) in [6.07, 6.45) is 4.60. The number of nitrogens with zero attached hydrogens (tertiary/aromatic N) is 1. The van der Waals surface area contributed by atoms with Crippen molar-refractivity contribution in [2.24, 2.45) is 11.8 Å². The molecule has 1 amide bonds. The number of amides is 1. The van der Waals surface area contributed by atoms with Crippen LogP contribution in [-0.4, -0.2) is 38.5 Å². The second kappa shape index (κ2) is 8.27. The lowest BCUT2D eigenvalue weighted by molar-refractivity contribution is 0.146. The van der Waals surface area contributed by atoms with Gasteiger partial charge in [-0.05, 0) is 49.1 Å². The number of allylic oxidation sites excluding steroid dienone is 2. The highest BCUT2D eigenvalue weighted by molar-refractivity contribution is 7.91. The van der Waals surface area contributed by atoms with E-state index in [4.69, 9.17) is 9.47 Å². The predicted molar refractivity (Wildman–Crippen MR) is 135 cm³/mol. The van der Waals surface area contributed by atoms with Crippen molar-refractivity contribution in [2.75, 3.05) is 17.3 Å². The molecule has 2 aliphatic carbocycles. The zero-order valence-electron chi connectivity index (χ0n) is 19.8. The minimum atomic E-state index is -3.58. The summed E-state index contributed by atoms with van der Waals surface area (Å²) in [5.41, 5.74) is 0.247. The van der Waals surface area contributed by atoms with Crippen LogP contribution in [0.25, 0.3) is 0 Å². The van der Waals surface area contributed by atoms with E-state index in [0.29, 0.717) is 5.69 Å². The average Bonchev–Trinajstić information content (AvgIpc) is 3.61. The van der Waals surface area contributed by atoms with Gasteiger partial charge in [-0.25, -0.2) is 13.2 Å². The lowest BCUT2D eigenvalue weighted by atomic mass is 9.60. The van der Waals surface area contributed by atoms with Crippen LogP contribution in [-0.2, 0) is 24.9 Å². The number of hydrogen-bond acceptors (Lipinski definition) is 5. The molecule has 6 rings (SSSR count). The van der Waals surface area contributed by atoms with Crippen molar-refractivity contribution < 1.29 is 22.7 Å². The van der Waals surface area contributed by atoms with Crippen molar-refractivity contribution >= 4 is 21.6 Å². The highest BCUT2D eigenvalue weighted by atomic mass is 32.2. The Hall–Kier alpha value is -3.52. The number of anilines is 1. The van der Waals surface area contributed by atoms with Gasteiger partial charge in [0.25, 0.3) is 0 Å². The fraction of sp³-hybridized carbons (Fsp3) is 0.345. The van der Waals surface area contributed by atoms with Gasteiger partial charge in [0.15, 0.2) is 9.84 Å². The number of carbonyl (C=O) groups is 1. The summed E-state index contributed by atoms with van der Waals surface area (Å²) in [5.74, 6) is 12.6. The number of benzene rings is 2. The van der Waals surface area contributed by atoms with E-state index in [1.165, 1.54) is 12.1 Å². The molecule has 0 radical (unpaired) electrons. The Morgan fingerprint density at radius 2 is 1.78 bits per heavy atom. The molecule has 0 aromatic heterocycles. The second-order valence-corrected chi connectivity index (χ2v) is 11.7. The second-order valence-electron chi connectivity index (χ2n) is 9.61. The van der Waals surface area contributed by atoms with Gasteiger partial charge in [0.05, 0.1) is 22.3 Å². The molecule has 4 bridgehead atoms. The first-order valence-corrected chi connectivity index (χ1v) is 13.8. The molecule has 182 valence electrons. The van der Waals surface area contributed by atoms with Crippen molar-refractivity contribution in [3.63, 3.8) is 0 Å². The summed E-state index contributed by atoms with van der Waals surface area (Å²) < 4.78 is 37.7. The van der Waals surface area contributed by atoms with E-state index in [9.17, 15) is 13.2 Å². The lowest BCUT2D eigenvalue weighted by Crippen LogP contribution is -2.60. The van der Waals surface area contributed by atoms with Crippen LogP contribution in [0, 0.1) is 35.5 Å². The first-order valence-electron chi connectivity index (χ1n) is 12.1. The minimum absolute atomic E-state index is 0.0175. The van der Waals surface area contributed by atoms with Crippen LogP contribution in [0.2, 0.25) is 0 Å². The molecule has 2 aliphatic heterocycles. The molecule has 7 heteroatoms. The fourth-order valence-electron chi connectivity index (χ4n) is 6.16. The van der Waals surface area contributed by atoms with Gasteiger partial charge < -0.3 is 9.47 Å². The third-order valence-electron chi connectivity index (χ3n) is 7.81. The molecule has 36 heavy (non-hydrogen) atoms. The van der Waals surface area contributed by atoms with Crippen LogP contribution in [0.1, 0.15) is 25.3 Å². The quantitative estimate of drug-likeness (QED) is 0.468. The van der Waals surface area contributed by atoms with Gasteiger partial charge in [-0.2, -0.15) is 0 Å². The van der Waals surface area contributed by atoms with Gasteiger partial charge in [-0.3, -0.25) is 4.90 Å². The van der Waals surface area contributed by atoms with Crippen molar-refractivity contribution in [2.45, 2.75) is 41.9 Å². The Labute approximate surface area is 211 Å². The SMILES string of the molecule is CC1CC[C@H]2C#C/C=C\C#C[C@@H]3N(C(=O)OCCS(=O)(=O)c4ccccc4)c4ccccc4[C@]24O[C@@]134. The number of rotatable bonds is 4. The summed E-state index contributed by atoms with van der Waals surface area (Å²) in [7, 11) is -3.58. The number of hydrogen-bond donors (Lipinski definition) is 0. The average molecular weight is 500 g/mol. The van der Waals surface area contributed by atoms with E-state index >= 15 is 0 Å². The first-order chi connectivity index (χ1) is 17.4. The zero-order valence-corrected chi connectivity index (χ0v) is 20.6. The van der Waals surface area contributed by atoms with Gasteiger partial charge in [0, 0.05) is 5.56 Å². The summed E-state index contributed by atoms with van der Waals surface area (Å²) >= 11 is 0. The Morgan fingerprint density at radius 3 is 2.58 bits per heavy atom. The van der Waals surface area contributed by atoms with Crippen LogP contribution in [0.4, 0.5) is 10.5 Å². The molecular weight excluding hydrogens is 474 g/mol. The number of carbonyl (C=O) groups excluding carboxylic acids is 1. The smallest absolute Gasteiger partial charge is 0.415 e. The fourth-order valence-corrected chi connectivity index (χ4v) is 7.27. The molecule has 2 aromatic rings. The maximum absolute atomic E-state index is 13.6. The standard InChI is InChI=1S/C29H25NO5S/c1-21-17-18-22-11-5-2-3-8-16-26-28(21)29(22,35-28)24-14-9-10-15-25(24)30(26)27(31)34-19-20-36(32,33)23-12-6-4-7-13-23/h2-4,6-7,9-10,12-15,21-22,26H,17-20H2,1H3/b3-2-/t21?,22-,26+,28+,29-/m1/s1. The maximum atomic E-state index is 13.6. The van der Waals surface area contributed by atoms with Gasteiger partial charge >= 0.3 is 6.09 Å². The molecule has 6 nitrogen and oxygen atoms in total. The normalized spacial score (nSPS) is 31.8. The first kappa shape index (κ1) is 22.9. The maximum Gasteiger partial charge on any atom is 0.415 e. The largest absolute Gasteiger partial charge is 0.448 e. The number of fused-ring (bicyclic) bond motifs is 1. The van der Waals surface area contributed by atoms with Crippen LogP contribution in [0.15, 0.2) is 71.6 Å². The van der Waals surface area contributed by atoms with Crippen LogP contribution >= 0.6 is 0 Å². The number of sulfone groups is 1. The third-order valence-corrected chi connectivity index (χ3v) is 9.51. The van der Waals surface area contributed by atoms with E-state index in [1.54, 1.807) is 35.3 Å². The van der Waals surface area contributed by atoms with E-state index in [2.05, 4.69) is 30.6 Å². The zero-order chi connectivity index (χ0) is 25.0. The lowest BCUT2D eigenvalue weighted by Gasteiger charge is -2.45. The highest BCUT2D eigenvalue weighted by Gasteiger charge is 2.83. The minimum Gasteiger partial charge on any atom is -0.448 e. The number of ether oxygens (including phenoxy) is 2. The van der Waals surface area contributed by atoms with Crippen LogP contribution in [0.3, 0.4) is 0 Å². The molecule has 2 heterocycles. The number of epoxide rings is 1. The van der Waals surface area contributed by atoms with E-state index in [1.807, 2.05) is 24.3 Å². The Bertz CT molecular complexity index is 1490. The van der Waals surface area contributed by atoms with E-state index in [-0.39, 0.29) is 29.1 Å². The predicted octanol–water partition coefficient (Wildman–Crippen LogP) is 4.07. The third kappa shape index (κ3) is 3.17. The molecule has 0 spiro atoms. The highest BCUT2D eigenvalue weighted by Crippen LogP contribution is 2.73. The van der Waals surface area contributed by atoms with Gasteiger partial charge in [-0.15, -0.1) is 0 Å². The molecule has 2 fully saturated rings. The molecule has 1 saturated carbocycles. The van der Waals surface area contributed by atoms with Gasteiger partial charge in [0.1, 0.15) is 23.9 Å². The van der Waals surface area contributed by atoms with E-state index in [0.717, 1.165) is 18.4 Å². The molecule has 1 unspecified atom stereocenters. The molecule has 0 N–H and O–H groups in total. The number of para-hydroxylation sites is 1. The monoisotopic (exact) mass is 499 g/mol. The Kier molecular flexibility index (Phi) is 5.26. The molecule has 1 saturated heterocycles. The van der Waals surface area contributed by atoms with Crippen molar-refractivity contribution in [1.29, 1.82) is 0 Å². The van der Waals surface area contributed by atoms with Crippen molar-refractivity contribution in [1.82, 2.24) is 0 Å². The van der Waals surface area contributed by atoms with Crippen molar-refractivity contribution in [3.05, 3.63) is 72.3 Å². The van der Waals surface area contributed by atoms with Crippen LogP contribution in [0.5, 0.6) is 0 Å². The summed E-state index contributed by atoms with van der Waals surface area (Å²) in [6.45, 7) is 1.88. The molecule has 4 aliphatic rings. The topological polar surface area (TPSA) is 76.2 Å². The molecule has 2 aromatic carbocycles. The molecular formula is C29H25NO5S. The summed E-state index contributed by atoms with van der Waals surface area (Å²) in [5, 5.41) is 0.